The summed E-state index contributed by atoms with van der Waals surface area (Å²) >= 11 is 0. The van der Waals surface area contributed by atoms with E-state index in [4.69, 9.17) is 0 Å². The Bertz CT molecular complexity index is 860. The van der Waals surface area contributed by atoms with Crippen LogP contribution in [0.15, 0.2) is 41.6 Å². The van der Waals surface area contributed by atoms with Gasteiger partial charge < -0.3 is 9.88 Å². The molecule has 7 heteroatoms. The minimum absolute atomic E-state index is 0.0629. The van der Waals surface area contributed by atoms with E-state index in [-0.39, 0.29) is 5.91 Å². The third-order valence-electron chi connectivity index (χ3n) is 4.54. The summed E-state index contributed by atoms with van der Waals surface area (Å²) in [6, 6.07) is 7.11. The van der Waals surface area contributed by atoms with Crippen molar-refractivity contribution in [2.75, 3.05) is 26.2 Å². The predicted molar refractivity (Wildman–Crippen MR) is 96.0 cm³/mol. The lowest BCUT2D eigenvalue weighted by atomic mass is 10.2. The number of benzene rings is 1. The Balaban J connectivity index is 1.77. The van der Waals surface area contributed by atoms with Crippen LogP contribution < -0.4 is 0 Å². The number of carbonyl (C=O) groups is 1. The number of nitrogens with one attached hydrogen (secondary N) is 1. The van der Waals surface area contributed by atoms with Gasteiger partial charge in [-0.3, -0.25) is 4.79 Å². The molecule has 1 aromatic heterocycles. The van der Waals surface area contributed by atoms with Crippen molar-refractivity contribution in [3.8, 4) is 0 Å². The van der Waals surface area contributed by atoms with Crippen molar-refractivity contribution in [3.05, 3.63) is 53.3 Å². The number of aromatic amines is 1. The van der Waals surface area contributed by atoms with Crippen molar-refractivity contribution in [1.29, 1.82) is 0 Å². The Morgan fingerprint density at radius 2 is 1.88 bits per heavy atom. The SMILES string of the molecule is Cc1ccc(S(=O)(=O)N2CCCN(C(=O)c3cc[nH]c3)CC2)c(C)c1. The number of nitrogens with zero attached hydrogens (tertiary/aromatic N) is 2. The Kier molecular flexibility index (Phi) is 4.96. The predicted octanol–water partition coefficient (Wildman–Crippen LogP) is 2.17. The zero-order chi connectivity index (χ0) is 18.0. The maximum absolute atomic E-state index is 13.0. The van der Waals surface area contributed by atoms with Gasteiger partial charge in [-0.2, -0.15) is 4.31 Å². The second-order valence-corrected chi connectivity index (χ2v) is 8.32. The third-order valence-corrected chi connectivity index (χ3v) is 6.59. The van der Waals surface area contributed by atoms with Crippen molar-refractivity contribution in [1.82, 2.24) is 14.2 Å². The normalized spacial score (nSPS) is 16.6. The van der Waals surface area contributed by atoms with Gasteiger partial charge in [-0.15, -0.1) is 0 Å². The molecule has 0 saturated carbocycles. The molecule has 2 heterocycles. The zero-order valence-electron chi connectivity index (χ0n) is 14.5. The summed E-state index contributed by atoms with van der Waals surface area (Å²) in [5.41, 5.74) is 2.39. The first-order valence-electron chi connectivity index (χ1n) is 8.39. The van der Waals surface area contributed by atoms with E-state index >= 15 is 0 Å². The fraction of sp³-hybridized carbons (Fsp3) is 0.389. The first-order valence-corrected chi connectivity index (χ1v) is 9.83. The second-order valence-electron chi connectivity index (χ2n) is 6.42. The van der Waals surface area contributed by atoms with Crippen molar-refractivity contribution in [3.63, 3.8) is 0 Å². The molecule has 0 spiro atoms. The maximum atomic E-state index is 13.0. The lowest BCUT2D eigenvalue weighted by Gasteiger charge is -2.22. The number of hydrogen-bond acceptors (Lipinski definition) is 3. The van der Waals surface area contributed by atoms with Crippen LogP contribution in [0.1, 0.15) is 27.9 Å². The highest BCUT2D eigenvalue weighted by atomic mass is 32.2. The fourth-order valence-corrected chi connectivity index (χ4v) is 4.88. The highest BCUT2D eigenvalue weighted by Crippen LogP contribution is 2.22. The molecule has 3 rings (SSSR count). The monoisotopic (exact) mass is 361 g/mol. The zero-order valence-corrected chi connectivity index (χ0v) is 15.3. The Morgan fingerprint density at radius 1 is 1.08 bits per heavy atom. The first-order chi connectivity index (χ1) is 11.9. The van der Waals surface area contributed by atoms with Crippen LogP contribution in [0.2, 0.25) is 0 Å². The summed E-state index contributed by atoms with van der Waals surface area (Å²) in [7, 11) is -3.55. The Morgan fingerprint density at radius 3 is 2.56 bits per heavy atom. The molecular formula is C18H23N3O3S. The summed E-state index contributed by atoms with van der Waals surface area (Å²) in [5, 5.41) is 0. The van der Waals surface area contributed by atoms with Crippen LogP contribution in [0.3, 0.4) is 0 Å². The molecule has 134 valence electrons. The molecule has 0 atom stereocenters. The molecule has 1 aliphatic rings. The van der Waals surface area contributed by atoms with E-state index in [2.05, 4.69) is 4.98 Å². The van der Waals surface area contributed by atoms with Crippen LogP contribution >= 0.6 is 0 Å². The van der Waals surface area contributed by atoms with Gasteiger partial charge in [0.2, 0.25) is 10.0 Å². The van der Waals surface area contributed by atoms with Gasteiger partial charge in [-0.25, -0.2) is 8.42 Å². The van der Waals surface area contributed by atoms with Gasteiger partial charge in [0, 0.05) is 38.6 Å². The largest absolute Gasteiger partial charge is 0.367 e. The van der Waals surface area contributed by atoms with Gasteiger partial charge in [-0.1, -0.05) is 17.7 Å². The fourth-order valence-electron chi connectivity index (χ4n) is 3.20. The molecule has 0 bridgehead atoms. The number of aromatic nitrogens is 1. The minimum Gasteiger partial charge on any atom is -0.367 e. The number of aryl methyl sites for hydroxylation is 2. The van der Waals surface area contributed by atoms with Gasteiger partial charge in [0.15, 0.2) is 0 Å². The summed E-state index contributed by atoms with van der Waals surface area (Å²) in [6.45, 7) is 5.45. The molecular weight excluding hydrogens is 338 g/mol. The van der Waals surface area contributed by atoms with E-state index in [1.54, 1.807) is 29.4 Å². The molecule has 1 fully saturated rings. The Hall–Kier alpha value is -2.12. The van der Waals surface area contributed by atoms with Crippen LogP contribution in [-0.2, 0) is 10.0 Å². The second kappa shape index (κ2) is 7.01. The van der Waals surface area contributed by atoms with Crippen molar-refractivity contribution in [2.24, 2.45) is 0 Å². The van der Waals surface area contributed by atoms with Crippen LogP contribution in [0.5, 0.6) is 0 Å². The molecule has 0 aliphatic carbocycles. The quantitative estimate of drug-likeness (QED) is 0.910. The average molecular weight is 361 g/mol. The average Bonchev–Trinajstić information content (AvgIpc) is 2.97. The standard InChI is InChI=1S/C18H23N3O3S/c1-14-4-5-17(15(2)12-14)25(23,24)21-9-3-8-20(10-11-21)18(22)16-6-7-19-13-16/h4-7,12-13,19H,3,8-11H2,1-2H3. The topological polar surface area (TPSA) is 73.5 Å². The summed E-state index contributed by atoms with van der Waals surface area (Å²) in [5.74, 6) is -0.0629. The molecule has 1 N–H and O–H groups in total. The third kappa shape index (κ3) is 3.62. The smallest absolute Gasteiger partial charge is 0.255 e. The molecule has 25 heavy (non-hydrogen) atoms. The van der Waals surface area contributed by atoms with Crippen LogP contribution in [-0.4, -0.2) is 54.7 Å². The van der Waals surface area contributed by atoms with Gasteiger partial charge >= 0.3 is 0 Å². The summed E-state index contributed by atoms with van der Waals surface area (Å²) < 4.78 is 27.5. The first kappa shape index (κ1) is 17.7. The lowest BCUT2D eigenvalue weighted by Crippen LogP contribution is -2.37. The number of amides is 1. The molecule has 1 amide bonds. The number of carbonyl (C=O) groups excluding carboxylic acids is 1. The van der Waals surface area contributed by atoms with Crippen LogP contribution in [0, 0.1) is 13.8 Å². The number of hydrogen-bond donors (Lipinski definition) is 1. The minimum atomic E-state index is -3.55. The maximum Gasteiger partial charge on any atom is 0.255 e. The van der Waals surface area contributed by atoms with E-state index < -0.39 is 10.0 Å². The van der Waals surface area contributed by atoms with Gasteiger partial charge in [0.1, 0.15) is 0 Å². The molecule has 0 unspecified atom stereocenters. The number of sulfonamides is 1. The van der Waals surface area contributed by atoms with Crippen molar-refractivity contribution >= 4 is 15.9 Å². The lowest BCUT2D eigenvalue weighted by molar-refractivity contribution is 0.0764. The van der Waals surface area contributed by atoms with E-state index in [9.17, 15) is 13.2 Å². The molecule has 2 aromatic rings. The highest BCUT2D eigenvalue weighted by Gasteiger charge is 2.29. The summed E-state index contributed by atoms with van der Waals surface area (Å²) in [6.07, 6.45) is 4.00. The highest BCUT2D eigenvalue weighted by molar-refractivity contribution is 7.89. The Labute approximate surface area is 148 Å². The number of H-pyrrole nitrogens is 1. The van der Waals surface area contributed by atoms with Crippen LogP contribution in [0.25, 0.3) is 0 Å². The van der Waals surface area contributed by atoms with Crippen molar-refractivity contribution in [2.45, 2.75) is 25.2 Å². The summed E-state index contributed by atoms with van der Waals surface area (Å²) in [4.78, 5) is 17.4. The van der Waals surface area contributed by atoms with E-state index in [0.29, 0.717) is 43.1 Å². The molecule has 1 saturated heterocycles. The van der Waals surface area contributed by atoms with Crippen LogP contribution in [0.4, 0.5) is 0 Å². The van der Waals surface area contributed by atoms with Gasteiger partial charge in [0.05, 0.1) is 10.5 Å². The molecule has 1 aliphatic heterocycles. The van der Waals surface area contributed by atoms with Gasteiger partial charge in [0.25, 0.3) is 5.91 Å². The number of rotatable bonds is 3. The van der Waals surface area contributed by atoms with E-state index in [1.807, 2.05) is 26.0 Å². The van der Waals surface area contributed by atoms with Crippen molar-refractivity contribution < 1.29 is 13.2 Å². The van der Waals surface area contributed by atoms with Gasteiger partial charge in [-0.05, 0) is 38.0 Å². The molecule has 6 nitrogen and oxygen atoms in total. The van der Waals surface area contributed by atoms with E-state index in [0.717, 1.165) is 11.1 Å². The van der Waals surface area contributed by atoms with E-state index in [1.165, 1.54) is 4.31 Å². The molecule has 1 aromatic carbocycles. The molecule has 0 radical (unpaired) electrons.